The minimum Gasteiger partial charge on any atom is -0.455 e. The van der Waals surface area contributed by atoms with Crippen LogP contribution in [-0.2, 0) is 4.79 Å². The molecule has 1 aromatic heterocycles. The third kappa shape index (κ3) is 6.59. The molecule has 2 N–H and O–H groups in total. The Morgan fingerprint density at radius 1 is 0.886 bits per heavy atom. The molecule has 0 aliphatic heterocycles. The van der Waals surface area contributed by atoms with Crippen LogP contribution in [0.1, 0.15) is 34.1 Å². The minimum absolute atomic E-state index is 0.00655. The van der Waals surface area contributed by atoms with Crippen molar-refractivity contribution < 1.29 is 14.0 Å². The fourth-order valence-corrected chi connectivity index (χ4v) is 3.69. The highest BCUT2D eigenvalue weighted by Gasteiger charge is 2.19. The van der Waals surface area contributed by atoms with Crippen LogP contribution in [0.5, 0.6) is 0 Å². The molecule has 1 heterocycles. The second-order valence-corrected chi connectivity index (χ2v) is 8.45. The van der Waals surface area contributed by atoms with Crippen molar-refractivity contribution in [2.45, 2.75) is 12.5 Å². The van der Waals surface area contributed by atoms with Gasteiger partial charge in [-0.25, -0.2) is 5.43 Å². The van der Waals surface area contributed by atoms with Crippen LogP contribution in [0, 0.1) is 0 Å². The molecule has 0 aliphatic carbocycles. The summed E-state index contributed by atoms with van der Waals surface area (Å²) in [5.74, 6) is 0.411. The number of furan rings is 1. The smallest absolute Gasteiger partial charge is 0.251 e. The van der Waals surface area contributed by atoms with Crippen LogP contribution < -0.4 is 10.7 Å². The third-order valence-electron chi connectivity index (χ3n) is 5.14. The van der Waals surface area contributed by atoms with Crippen molar-refractivity contribution in [2.24, 2.45) is 5.10 Å². The molecule has 3 aromatic carbocycles. The molecule has 0 saturated heterocycles. The first kappa shape index (κ1) is 24.3. The summed E-state index contributed by atoms with van der Waals surface area (Å²) in [6.45, 7) is 0. The van der Waals surface area contributed by atoms with Crippen LogP contribution in [0.3, 0.4) is 0 Å². The Morgan fingerprint density at radius 3 is 2.31 bits per heavy atom. The molecular weight excluding hydrogens is 485 g/mol. The van der Waals surface area contributed by atoms with E-state index in [9.17, 15) is 9.59 Å². The van der Waals surface area contributed by atoms with Crippen LogP contribution in [0.15, 0.2) is 101 Å². The Morgan fingerprint density at radius 2 is 1.60 bits per heavy atom. The van der Waals surface area contributed by atoms with Crippen molar-refractivity contribution in [3.63, 3.8) is 0 Å². The number of hydrogen-bond acceptors (Lipinski definition) is 4. The lowest BCUT2D eigenvalue weighted by molar-refractivity contribution is -0.121. The lowest BCUT2D eigenvalue weighted by atomic mass is 10.0. The maximum Gasteiger partial charge on any atom is 0.251 e. The lowest BCUT2D eigenvalue weighted by Crippen LogP contribution is -2.32. The molecule has 0 radical (unpaired) electrons. The number of carbonyl (C=O) groups excluding carboxylic acids is 2. The van der Waals surface area contributed by atoms with E-state index in [2.05, 4.69) is 15.8 Å². The predicted octanol–water partition coefficient (Wildman–Crippen LogP) is 6.26. The van der Waals surface area contributed by atoms with Gasteiger partial charge in [0.1, 0.15) is 11.5 Å². The average Bonchev–Trinajstić information content (AvgIpc) is 3.35. The SMILES string of the molecule is O=C(C[C@H](NC(=O)c1ccccc1)c1ccccc1)N/N=C\c1ccc(-c2ccc(Cl)c(Cl)c2)o1. The zero-order chi connectivity index (χ0) is 24.6. The summed E-state index contributed by atoms with van der Waals surface area (Å²) in [4.78, 5) is 25.3. The van der Waals surface area contributed by atoms with Gasteiger partial charge in [-0.1, -0.05) is 71.7 Å². The van der Waals surface area contributed by atoms with Crippen molar-refractivity contribution >= 4 is 41.2 Å². The van der Waals surface area contributed by atoms with E-state index in [4.69, 9.17) is 27.6 Å². The molecule has 4 rings (SSSR count). The molecule has 6 nitrogen and oxygen atoms in total. The van der Waals surface area contributed by atoms with E-state index < -0.39 is 6.04 Å². The summed E-state index contributed by atoms with van der Waals surface area (Å²) in [6, 6.07) is 26.3. The molecule has 0 spiro atoms. The Hall–Kier alpha value is -3.87. The Labute approximate surface area is 212 Å². The monoisotopic (exact) mass is 505 g/mol. The second kappa shape index (κ2) is 11.5. The summed E-state index contributed by atoms with van der Waals surface area (Å²) < 4.78 is 5.74. The first-order valence-electron chi connectivity index (χ1n) is 10.8. The highest BCUT2D eigenvalue weighted by Crippen LogP contribution is 2.29. The van der Waals surface area contributed by atoms with Gasteiger partial charge in [0, 0.05) is 11.1 Å². The van der Waals surface area contributed by atoms with E-state index in [-0.39, 0.29) is 18.2 Å². The third-order valence-corrected chi connectivity index (χ3v) is 5.88. The molecule has 0 bridgehead atoms. The maximum atomic E-state index is 12.7. The van der Waals surface area contributed by atoms with Gasteiger partial charge in [0.15, 0.2) is 0 Å². The van der Waals surface area contributed by atoms with Crippen LogP contribution in [0.2, 0.25) is 10.0 Å². The second-order valence-electron chi connectivity index (χ2n) is 7.63. The lowest BCUT2D eigenvalue weighted by Gasteiger charge is -2.18. The van der Waals surface area contributed by atoms with E-state index in [0.29, 0.717) is 27.1 Å². The topological polar surface area (TPSA) is 83.7 Å². The fraction of sp³-hybridized carbons (Fsp3) is 0.0741. The fourth-order valence-electron chi connectivity index (χ4n) is 3.39. The molecule has 0 unspecified atom stereocenters. The van der Waals surface area contributed by atoms with E-state index >= 15 is 0 Å². The van der Waals surface area contributed by atoms with Crippen molar-refractivity contribution in [1.82, 2.24) is 10.7 Å². The van der Waals surface area contributed by atoms with Crippen LogP contribution in [0.25, 0.3) is 11.3 Å². The zero-order valence-corrected chi connectivity index (χ0v) is 20.0. The number of amides is 2. The molecule has 0 saturated carbocycles. The minimum atomic E-state index is -0.524. The van der Waals surface area contributed by atoms with Gasteiger partial charge >= 0.3 is 0 Å². The molecule has 0 aliphatic rings. The Kier molecular flexibility index (Phi) is 7.98. The van der Waals surface area contributed by atoms with E-state index in [1.165, 1.54) is 6.21 Å². The number of hydrogen-bond donors (Lipinski definition) is 2. The highest BCUT2D eigenvalue weighted by molar-refractivity contribution is 6.42. The van der Waals surface area contributed by atoms with Gasteiger partial charge < -0.3 is 9.73 Å². The number of benzene rings is 3. The van der Waals surface area contributed by atoms with Gasteiger partial charge in [0.05, 0.1) is 28.7 Å². The molecular formula is C27H21Cl2N3O3. The number of nitrogens with zero attached hydrogens (tertiary/aromatic N) is 1. The zero-order valence-electron chi connectivity index (χ0n) is 18.4. The van der Waals surface area contributed by atoms with Crippen molar-refractivity contribution in [3.8, 4) is 11.3 Å². The first-order valence-corrected chi connectivity index (χ1v) is 11.5. The number of carbonyl (C=O) groups is 2. The maximum absolute atomic E-state index is 12.7. The van der Waals surface area contributed by atoms with Gasteiger partial charge in [-0.05, 0) is 48.0 Å². The van der Waals surface area contributed by atoms with E-state index in [1.807, 2.05) is 36.4 Å². The van der Waals surface area contributed by atoms with Gasteiger partial charge in [-0.2, -0.15) is 5.10 Å². The average molecular weight is 506 g/mol. The van der Waals surface area contributed by atoms with Crippen molar-refractivity contribution in [2.75, 3.05) is 0 Å². The van der Waals surface area contributed by atoms with Crippen LogP contribution >= 0.6 is 23.2 Å². The largest absolute Gasteiger partial charge is 0.455 e. The molecule has 1 atom stereocenters. The normalized spacial score (nSPS) is 11.8. The van der Waals surface area contributed by atoms with Crippen LogP contribution in [-0.4, -0.2) is 18.0 Å². The molecule has 176 valence electrons. The number of hydrazone groups is 1. The summed E-state index contributed by atoms with van der Waals surface area (Å²) in [6.07, 6.45) is 1.41. The number of rotatable bonds is 8. The summed E-state index contributed by atoms with van der Waals surface area (Å²) >= 11 is 12.0. The molecule has 2 amide bonds. The summed E-state index contributed by atoms with van der Waals surface area (Å²) in [5.41, 5.74) is 4.59. The molecule has 4 aromatic rings. The number of nitrogens with one attached hydrogen (secondary N) is 2. The van der Waals surface area contributed by atoms with Gasteiger partial charge in [-0.3, -0.25) is 9.59 Å². The standard InChI is InChI=1S/C27H21Cl2N3O3/c28-22-13-11-20(15-23(22)29)25-14-12-21(35-25)17-30-32-26(33)16-24(18-7-3-1-4-8-18)31-27(34)19-9-5-2-6-10-19/h1-15,17,24H,16H2,(H,31,34)(H,32,33)/b30-17-/t24-/m0/s1. The Bertz CT molecular complexity index is 1340. The predicted molar refractivity (Wildman–Crippen MR) is 138 cm³/mol. The van der Waals surface area contributed by atoms with Gasteiger partial charge in [-0.15, -0.1) is 0 Å². The summed E-state index contributed by atoms with van der Waals surface area (Å²) in [7, 11) is 0. The van der Waals surface area contributed by atoms with E-state index in [0.717, 1.165) is 11.1 Å². The number of halogens is 2. The molecule has 0 fully saturated rings. The van der Waals surface area contributed by atoms with Crippen molar-refractivity contribution in [3.05, 3.63) is 118 Å². The first-order chi connectivity index (χ1) is 17.0. The van der Waals surface area contributed by atoms with E-state index in [1.54, 1.807) is 54.6 Å². The van der Waals surface area contributed by atoms with Crippen LogP contribution in [0.4, 0.5) is 0 Å². The molecule has 35 heavy (non-hydrogen) atoms. The molecule has 8 heteroatoms. The quantitative estimate of drug-likeness (QED) is 0.218. The van der Waals surface area contributed by atoms with Gasteiger partial charge in [0.2, 0.25) is 5.91 Å². The van der Waals surface area contributed by atoms with Crippen molar-refractivity contribution in [1.29, 1.82) is 0 Å². The highest BCUT2D eigenvalue weighted by atomic mass is 35.5. The summed E-state index contributed by atoms with van der Waals surface area (Å²) in [5, 5.41) is 7.80. The van der Waals surface area contributed by atoms with Gasteiger partial charge in [0.25, 0.3) is 5.91 Å². The Balaban J connectivity index is 1.39.